The van der Waals surface area contributed by atoms with Crippen LogP contribution in [0.25, 0.3) is 11.1 Å². The molecule has 1 aromatic carbocycles. The minimum atomic E-state index is -5.08. The largest absolute Gasteiger partial charge is 0.490 e. The summed E-state index contributed by atoms with van der Waals surface area (Å²) in [6, 6.07) is 10.9. The van der Waals surface area contributed by atoms with Crippen molar-refractivity contribution in [1.29, 1.82) is 0 Å². The number of halogens is 3. The minimum Gasteiger partial charge on any atom is -0.490 e. The first-order valence-corrected chi connectivity index (χ1v) is 9.61. The second-order valence-electron chi connectivity index (χ2n) is 6.84. The summed E-state index contributed by atoms with van der Waals surface area (Å²) in [6.07, 6.45) is 2.65. The Morgan fingerprint density at radius 1 is 1.23 bits per heavy atom. The third-order valence-electron chi connectivity index (χ3n) is 4.45. The fourth-order valence-corrected chi connectivity index (χ4v) is 2.94. The maximum absolute atomic E-state index is 10.6. The van der Waals surface area contributed by atoms with Crippen molar-refractivity contribution in [3.05, 3.63) is 48.3 Å². The SMILES string of the molecule is O=C(O)C(F)(F)F.OCCCc1cccc(-c2cncc(OC[C@@H]3CCCN3)c2)c1. The van der Waals surface area contributed by atoms with Crippen molar-refractivity contribution in [2.75, 3.05) is 19.8 Å². The number of hydrogen-bond donors (Lipinski definition) is 3. The molecule has 1 aromatic heterocycles. The highest BCUT2D eigenvalue weighted by Crippen LogP contribution is 2.24. The maximum atomic E-state index is 10.6. The second kappa shape index (κ2) is 11.5. The Balaban J connectivity index is 0.000000396. The van der Waals surface area contributed by atoms with Crippen LogP contribution < -0.4 is 10.1 Å². The van der Waals surface area contributed by atoms with Gasteiger partial charge in [-0.15, -0.1) is 0 Å². The van der Waals surface area contributed by atoms with Crippen molar-refractivity contribution < 1.29 is 32.9 Å². The number of nitrogens with one attached hydrogen (secondary N) is 1. The number of alkyl halides is 3. The van der Waals surface area contributed by atoms with E-state index in [1.54, 1.807) is 6.20 Å². The van der Waals surface area contributed by atoms with E-state index in [9.17, 15) is 13.2 Å². The lowest BCUT2D eigenvalue weighted by Gasteiger charge is -2.12. The number of carboxylic acid groups (broad SMARTS) is 1. The number of carboxylic acids is 1. The fraction of sp³-hybridized carbons (Fsp3) is 0.429. The zero-order valence-electron chi connectivity index (χ0n) is 16.4. The molecule has 1 saturated heterocycles. The van der Waals surface area contributed by atoms with Crippen LogP contribution in [0.2, 0.25) is 0 Å². The number of benzene rings is 1. The zero-order valence-corrected chi connectivity index (χ0v) is 16.4. The molecule has 1 fully saturated rings. The molecule has 0 amide bonds. The van der Waals surface area contributed by atoms with E-state index in [0.29, 0.717) is 12.6 Å². The van der Waals surface area contributed by atoms with Crippen molar-refractivity contribution in [3.63, 3.8) is 0 Å². The normalized spacial score (nSPS) is 15.9. The van der Waals surface area contributed by atoms with Crippen LogP contribution in [0.1, 0.15) is 24.8 Å². The molecule has 1 aliphatic heterocycles. The number of hydrogen-bond acceptors (Lipinski definition) is 5. The van der Waals surface area contributed by atoms with E-state index in [1.807, 2.05) is 12.3 Å². The summed E-state index contributed by atoms with van der Waals surface area (Å²) in [5, 5.41) is 19.5. The predicted molar refractivity (Wildman–Crippen MR) is 105 cm³/mol. The number of nitrogens with zero attached hydrogens (tertiary/aromatic N) is 1. The molecule has 2 aromatic rings. The molecule has 0 spiro atoms. The lowest BCUT2D eigenvalue weighted by molar-refractivity contribution is -0.192. The number of rotatable bonds is 7. The van der Waals surface area contributed by atoms with Crippen molar-refractivity contribution in [2.45, 2.75) is 37.9 Å². The topological polar surface area (TPSA) is 91.7 Å². The number of carbonyl (C=O) groups is 1. The molecule has 0 aliphatic carbocycles. The number of pyridine rings is 1. The molecule has 0 unspecified atom stereocenters. The molecule has 2 heterocycles. The molecular weight excluding hydrogens is 401 g/mol. The van der Waals surface area contributed by atoms with Crippen molar-refractivity contribution in [1.82, 2.24) is 10.3 Å². The van der Waals surface area contributed by atoms with Crippen LogP contribution in [0.4, 0.5) is 13.2 Å². The molecule has 0 radical (unpaired) electrons. The van der Waals surface area contributed by atoms with Crippen molar-refractivity contribution in [2.24, 2.45) is 0 Å². The molecule has 1 atom stereocenters. The van der Waals surface area contributed by atoms with Gasteiger partial charge in [0.05, 0.1) is 6.20 Å². The van der Waals surface area contributed by atoms with Gasteiger partial charge in [-0.25, -0.2) is 4.79 Å². The fourth-order valence-electron chi connectivity index (χ4n) is 2.94. The van der Waals surface area contributed by atoms with Gasteiger partial charge in [-0.05, 0) is 49.4 Å². The summed E-state index contributed by atoms with van der Waals surface area (Å²) in [5.74, 6) is -1.94. The van der Waals surface area contributed by atoms with Gasteiger partial charge in [-0.3, -0.25) is 4.98 Å². The standard InChI is InChI=1S/C19H24N2O2.C2HF3O2/c22-9-3-5-15-4-1-6-16(10-15)17-11-19(13-20-12-17)23-14-18-7-2-8-21-18;3-2(4,5)1(6)7/h1,4,6,10-13,18,21-22H,2-3,5,7-9,14H2;(H,6,7)/t18-;/m0./s1. The predicted octanol–water partition coefficient (Wildman–Crippen LogP) is 3.44. The summed E-state index contributed by atoms with van der Waals surface area (Å²) < 4.78 is 37.6. The van der Waals surface area contributed by atoms with Gasteiger partial charge in [-0.1, -0.05) is 24.3 Å². The molecular formula is C21H25F3N2O4. The van der Waals surface area contributed by atoms with E-state index in [4.69, 9.17) is 19.7 Å². The highest BCUT2D eigenvalue weighted by molar-refractivity contribution is 5.73. The van der Waals surface area contributed by atoms with Crippen LogP contribution in [0.3, 0.4) is 0 Å². The zero-order chi connectivity index (χ0) is 22.0. The van der Waals surface area contributed by atoms with Crippen LogP contribution in [0.15, 0.2) is 42.7 Å². The first kappa shape index (κ1) is 23.6. The van der Waals surface area contributed by atoms with E-state index in [1.165, 1.54) is 18.4 Å². The Kier molecular flexibility index (Phi) is 9.07. The molecule has 9 heteroatoms. The smallest absolute Gasteiger partial charge is 0.490 e. The monoisotopic (exact) mass is 426 g/mol. The average Bonchev–Trinajstić information content (AvgIpc) is 3.25. The highest BCUT2D eigenvalue weighted by atomic mass is 19.4. The Labute approximate surface area is 172 Å². The van der Waals surface area contributed by atoms with Crippen molar-refractivity contribution >= 4 is 5.97 Å². The quantitative estimate of drug-likeness (QED) is 0.628. The lowest BCUT2D eigenvalue weighted by atomic mass is 10.0. The Morgan fingerprint density at radius 2 is 2.00 bits per heavy atom. The van der Waals surface area contributed by atoms with Gasteiger partial charge in [0.25, 0.3) is 0 Å². The molecule has 3 N–H and O–H groups in total. The van der Waals surface area contributed by atoms with Gasteiger partial charge in [0.1, 0.15) is 12.4 Å². The first-order valence-electron chi connectivity index (χ1n) is 9.61. The molecule has 0 saturated carbocycles. The van der Waals surface area contributed by atoms with Gasteiger partial charge in [0.15, 0.2) is 0 Å². The summed E-state index contributed by atoms with van der Waals surface area (Å²) in [5.41, 5.74) is 3.43. The number of aliphatic carboxylic acids is 1. The van der Waals surface area contributed by atoms with Crippen molar-refractivity contribution in [3.8, 4) is 16.9 Å². The minimum absolute atomic E-state index is 0.226. The van der Waals surface area contributed by atoms with E-state index in [2.05, 4.69) is 34.6 Å². The third kappa shape index (κ3) is 8.00. The van der Waals surface area contributed by atoms with E-state index < -0.39 is 12.1 Å². The number of ether oxygens (including phenoxy) is 1. The summed E-state index contributed by atoms with van der Waals surface area (Å²) in [7, 11) is 0. The average molecular weight is 426 g/mol. The van der Waals surface area contributed by atoms with Crippen LogP contribution in [-0.2, 0) is 11.2 Å². The number of aromatic nitrogens is 1. The van der Waals surface area contributed by atoms with Crippen LogP contribution >= 0.6 is 0 Å². The Bertz CT molecular complexity index is 809. The molecule has 3 rings (SSSR count). The number of aliphatic hydroxyl groups excluding tert-OH is 1. The van der Waals surface area contributed by atoms with E-state index >= 15 is 0 Å². The molecule has 30 heavy (non-hydrogen) atoms. The molecule has 164 valence electrons. The van der Waals surface area contributed by atoms with Crippen LogP contribution in [-0.4, -0.2) is 53.1 Å². The van der Waals surface area contributed by atoms with Gasteiger partial charge >= 0.3 is 12.1 Å². The Hall–Kier alpha value is -2.65. The number of aryl methyl sites for hydroxylation is 1. The maximum Gasteiger partial charge on any atom is 0.490 e. The van der Waals surface area contributed by atoms with E-state index in [0.717, 1.165) is 36.3 Å². The summed E-state index contributed by atoms with van der Waals surface area (Å²) in [4.78, 5) is 13.2. The number of aliphatic hydroxyl groups is 1. The first-order chi connectivity index (χ1) is 14.3. The van der Waals surface area contributed by atoms with Gasteiger partial charge in [0, 0.05) is 24.4 Å². The Morgan fingerprint density at radius 3 is 2.63 bits per heavy atom. The summed E-state index contributed by atoms with van der Waals surface area (Å²) >= 11 is 0. The van der Waals surface area contributed by atoms with Gasteiger partial charge < -0.3 is 20.3 Å². The molecule has 6 nitrogen and oxygen atoms in total. The highest BCUT2D eigenvalue weighted by Gasteiger charge is 2.38. The summed E-state index contributed by atoms with van der Waals surface area (Å²) in [6.45, 7) is 2.01. The van der Waals surface area contributed by atoms with E-state index in [-0.39, 0.29) is 6.61 Å². The van der Waals surface area contributed by atoms with Crippen LogP contribution in [0.5, 0.6) is 5.75 Å². The van der Waals surface area contributed by atoms with Gasteiger partial charge in [0.2, 0.25) is 0 Å². The third-order valence-corrected chi connectivity index (χ3v) is 4.45. The lowest BCUT2D eigenvalue weighted by Crippen LogP contribution is -2.28. The second-order valence-corrected chi connectivity index (χ2v) is 6.84. The molecule has 0 bridgehead atoms. The van der Waals surface area contributed by atoms with Gasteiger partial charge in [-0.2, -0.15) is 13.2 Å². The van der Waals surface area contributed by atoms with Crippen LogP contribution in [0, 0.1) is 0 Å². The molecule has 1 aliphatic rings.